The number of nitrogens with zero attached hydrogens (tertiary/aromatic N) is 2. The molecule has 4 nitrogen and oxygen atoms in total. The third-order valence-electron chi connectivity index (χ3n) is 5.93. The SMILES string of the molecule is Cc1[nH]c2ccc(F)cc2c1CC(=O)N(C)Cc1ccccc1N1CCCCC1. The molecule has 1 N–H and O–H groups in total. The summed E-state index contributed by atoms with van der Waals surface area (Å²) in [5.41, 5.74) is 5.07. The standard InChI is InChI=1S/C24H28FN3O/c1-17-20(21-14-19(25)10-11-22(21)26-17)15-24(29)27(2)16-18-8-4-5-9-23(18)28-12-6-3-7-13-28/h4-5,8-11,14,26H,3,6-7,12-13,15-16H2,1-2H3. The van der Waals surface area contributed by atoms with E-state index in [9.17, 15) is 9.18 Å². The first kappa shape index (κ1) is 19.5. The molecule has 1 aromatic heterocycles. The first-order valence-electron chi connectivity index (χ1n) is 10.4. The number of rotatable bonds is 5. The summed E-state index contributed by atoms with van der Waals surface area (Å²) in [6, 6.07) is 13.0. The van der Waals surface area contributed by atoms with Crippen LogP contribution in [0.3, 0.4) is 0 Å². The number of benzene rings is 2. The molecule has 152 valence electrons. The Morgan fingerprint density at radius 2 is 1.90 bits per heavy atom. The molecular formula is C24H28FN3O. The van der Waals surface area contributed by atoms with E-state index in [4.69, 9.17) is 0 Å². The predicted octanol–water partition coefficient (Wildman–Crippen LogP) is 4.81. The average Bonchev–Trinajstić information content (AvgIpc) is 3.03. The van der Waals surface area contributed by atoms with E-state index in [2.05, 4.69) is 28.1 Å². The maximum absolute atomic E-state index is 13.7. The van der Waals surface area contributed by atoms with Crippen LogP contribution in [0, 0.1) is 12.7 Å². The number of carbonyl (C=O) groups is 1. The minimum Gasteiger partial charge on any atom is -0.371 e. The molecule has 0 radical (unpaired) electrons. The number of amides is 1. The Balaban J connectivity index is 1.51. The topological polar surface area (TPSA) is 39.3 Å². The molecule has 1 saturated heterocycles. The second kappa shape index (κ2) is 8.27. The highest BCUT2D eigenvalue weighted by atomic mass is 19.1. The van der Waals surface area contributed by atoms with Crippen LogP contribution in [-0.4, -0.2) is 35.9 Å². The van der Waals surface area contributed by atoms with Crippen molar-refractivity contribution >= 4 is 22.5 Å². The zero-order valence-corrected chi connectivity index (χ0v) is 17.2. The van der Waals surface area contributed by atoms with Crippen molar-refractivity contribution in [2.75, 3.05) is 25.0 Å². The van der Waals surface area contributed by atoms with Crippen molar-refractivity contribution in [1.29, 1.82) is 0 Å². The summed E-state index contributed by atoms with van der Waals surface area (Å²) in [7, 11) is 1.85. The number of hydrogen-bond acceptors (Lipinski definition) is 2. The van der Waals surface area contributed by atoms with E-state index >= 15 is 0 Å². The fraction of sp³-hybridized carbons (Fsp3) is 0.375. The van der Waals surface area contributed by atoms with Gasteiger partial charge < -0.3 is 14.8 Å². The van der Waals surface area contributed by atoms with E-state index in [-0.39, 0.29) is 18.1 Å². The van der Waals surface area contributed by atoms with Gasteiger partial charge in [0.2, 0.25) is 5.91 Å². The van der Waals surface area contributed by atoms with E-state index in [1.807, 2.05) is 20.0 Å². The highest BCUT2D eigenvalue weighted by molar-refractivity contribution is 5.90. The van der Waals surface area contributed by atoms with Crippen molar-refractivity contribution in [1.82, 2.24) is 9.88 Å². The van der Waals surface area contributed by atoms with Gasteiger partial charge in [0.1, 0.15) is 5.82 Å². The zero-order chi connectivity index (χ0) is 20.4. The van der Waals surface area contributed by atoms with Crippen LogP contribution in [0.1, 0.15) is 36.1 Å². The highest BCUT2D eigenvalue weighted by Crippen LogP contribution is 2.27. The van der Waals surface area contributed by atoms with Crippen molar-refractivity contribution in [3.63, 3.8) is 0 Å². The third kappa shape index (κ3) is 4.14. The van der Waals surface area contributed by atoms with Crippen LogP contribution in [0.2, 0.25) is 0 Å². The van der Waals surface area contributed by atoms with E-state index in [1.54, 1.807) is 11.0 Å². The maximum atomic E-state index is 13.7. The second-order valence-corrected chi connectivity index (χ2v) is 8.02. The molecule has 1 amide bonds. The number of aromatic nitrogens is 1. The Labute approximate surface area is 171 Å². The molecular weight excluding hydrogens is 365 g/mol. The van der Waals surface area contributed by atoms with E-state index in [0.29, 0.717) is 6.54 Å². The third-order valence-corrected chi connectivity index (χ3v) is 5.93. The van der Waals surface area contributed by atoms with Crippen molar-refractivity contribution in [3.8, 4) is 0 Å². The number of halogens is 1. The monoisotopic (exact) mass is 393 g/mol. The predicted molar refractivity (Wildman–Crippen MR) is 116 cm³/mol. The minimum absolute atomic E-state index is 0.0340. The molecule has 1 aliphatic rings. The van der Waals surface area contributed by atoms with Gasteiger partial charge in [-0.25, -0.2) is 4.39 Å². The molecule has 0 bridgehead atoms. The number of H-pyrrole nitrogens is 1. The summed E-state index contributed by atoms with van der Waals surface area (Å²) < 4.78 is 13.7. The van der Waals surface area contributed by atoms with Crippen molar-refractivity contribution in [3.05, 3.63) is 65.1 Å². The summed E-state index contributed by atoms with van der Waals surface area (Å²) in [5, 5.41) is 0.790. The molecule has 1 fully saturated rings. The van der Waals surface area contributed by atoms with Crippen LogP contribution in [-0.2, 0) is 17.8 Å². The molecule has 0 unspecified atom stereocenters. The summed E-state index contributed by atoms with van der Waals surface area (Å²) in [6.07, 6.45) is 4.00. The van der Waals surface area contributed by atoms with Gasteiger partial charge in [-0.2, -0.15) is 0 Å². The van der Waals surface area contributed by atoms with Crippen molar-refractivity contribution in [2.45, 2.75) is 39.2 Å². The fourth-order valence-corrected chi connectivity index (χ4v) is 4.30. The number of aryl methyl sites for hydroxylation is 1. The van der Waals surface area contributed by atoms with Crippen LogP contribution in [0.25, 0.3) is 10.9 Å². The van der Waals surface area contributed by atoms with Crippen molar-refractivity contribution in [2.24, 2.45) is 0 Å². The molecule has 0 spiro atoms. The normalized spacial score (nSPS) is 14.4. The Morgan fingerprint density at radius 1 is 1.14 bits per heavy atom. The largest absolute Gasteiger partial charge is 0.371 e. The Morgan fingerprint density at radius 3 is 2.69 bits per heavy atom. The Bertz CT molecular complexity index is 1020. The highest BCUT2D eigenvalue weighted by Gasteiger charge is 2.19. The number of likely N-dealkylation sites (N-methyl/N-ethyl adjacent to an activating group) is 1. The van der Waals surface area contributed by atoms with Gasteiger partial charge in [0.05, 0.1) is 6.42 Å². The van der Waals surface area contributed by atoms with Gasteiger partial charge in [0.15, 0.2) is 0 Å². The Hall–Kier alpha value is -2.82. The molecule has 0 atom stereocenters. The van der Waals surface area contributed by atoms with Gasteiger partial charge in [-0.3, -0.25) is 4.79 Å². The first-order valence-corrected chi connectivity index (χ1v) is 10.4. The zero-order valence-electron chi connectivity index (χ0n) is 17.2. The fourth-order valence-electron chi connectivity index (χ4n) is 4.30. The lowest BCUT2D eigenvalue weighted by atomic mass is 10.1. The number of anilines is 1. The van der Waals surface area contributed by atoms with Crippen LogP contribution in [0.15, 0.2) is 42.5 Å². The van der Waals surface area contributed by atoms with Gasteiger partial charge in [0, 0.05) is 49.0 Å². The second-order valence-electron chi connectivity index (χ2n) is 8.02. The smallest absolute Gasteiger partial charge is 0.227 e. The number of aromatic amines is 1. The van der Waals surface area contributed by atoms with Gasteiger partial charge in [-0.05, 0) is 61.6 Å². The van der Waals surface area contributed by atoms with Crippen LogP contribution < -0.4 is 4.90 Å². The average molecular weight is 394 g/mol. The van der Waals surface area contributed by atoms with Crippen LogP contribution in [0.4, 0.5) is 10.1 Å². The van der Waals surface area contributed by atoms with Crippen LogP contribution in [0.5, 0.6) is 0 Å². The molecule has 1 aliphatic heterocycles. The number of nitrogens with one attached hydrogen (secondary N) is 1. The van der Waals surface area contributed by atoms with Gasteiger partial charge in [0.25, 0.3) is 0 Å². The minimum atomic E-state index is -0.283. The maximum Gasteiger partial charge on any atom is 0.227 e. The molecule has 4 rings (SSSR count). The van der Waals surface area contributed by atoms with Crippen LogP contribution >= 0.6 is 0 Å². The summed E-state index contributed by atoms with van der Waals surface area (Å²) >= 11 is 0. The molecule has 0 aliphatic carbocycles. The van der Waals surface area contributed by atoms with E-state index in [0.717, 1.165) is 35.2 Å². The van der Waals surface area contributed by atoms with Crippen molar-refractivity contribution < 1.29 is 9.18 Å². The lowest BCUT2D eigenvalue weighted by Crippen LogP contribution is -2.32. The van der Waals surface area contributed by atoms with E-state index < -0.39 is 0 Å². The number of piperidine rings is 1. The molecule has 3 aromatic rings. The summed E-state index contributed by atoms with van der Waals surface area (Å²) in [6.45, 7) is 4.66. The first-order chi connectivity index (χ1) is 14.0. The summed E-state index contributed by atoms with van der Waals surface area (Å²) in [5.74, 6) is -0.249. The number of carbonyl (C=O) groups excluding carboxylic acids is 1. The number of hydrogen-bond donors (Lipinski definition) is 1. The van der Waals surface area contributed by atoms with Gasteiger partial charge in [-0.1, -0.05) is 18.2 Å². The quantitative estimate of drug-likeness (QED) is 0.676. The molecule has 29 heavy (non-hydrogen) atoms. The number of fused-ring (bicyclic) bond motifs is 1. The molecule has 5 heteroatoms. The molecule has 2 aromatic carbocycles. The molecule has 0 saturated carbocycles. The van der Waals surface area contributed by atoms with Gasteiger partial charge in [-0.15, -0.1) is 0 Å². The molecule has 2 heterocycles. The Kier molecular flexibility index (Phi) is 5.56. The lowest BCUT2D eigenvalue weighted by molar-refractivity contribution is -0.129. The summed E-state index contributed by atoms with van der Waals surface area (Å²) in [4.78, 5) is 20.5. The van der Waals surface area contributed by atoms with E-state index in [1.165, 1.54) is 42.6 Å². The lowest BCUT2D eigenvalue weighted by Gasteiger charge is -2.31. The van der Waals surface area contributed by atoms with Gasteiger partial charge >= 0.3 is 0 Å². The number of para-hydroxylation sites is 1.